The summed E-state index contributed by atoms with van der Waals surface area (Å²) >= 11 is 0. The quantitative estimate of drug-likeness (QED) is 0.873. The zero-order valence-corrected chi connectivity index (χ0v) is 11.2. The third-order valence-corrected chi connectivity index (χ3v) is 4.24. The minimum absolute atomic E-state index is 0.378. The molecule has 1 aliphatic rings. The molecule has 0 aromatic carbocycles. The predicted octanol–water partition coefficient (Wildman–Crippen LogP) is 3.04. The number of nitrogens with zero attached hydrogens (tertiary/aromatic N) is 2. The molecular weight excluding hydrogens is 228 g/mol. The van der Waals surface area contributed by atoms with Crippen molar-refractivity contribution in [1.82, 2.24) is 9.78 Å². The second-order valence-electron chi connectivity index (χ2n) is 5.51. The lowest BCUT2D eigenvalue weighted by Gasteiger charge is -2.22. The molecule has 100 valence electrons. The zero-order chi connectivity index (χ0) is 13.2. The summed E-state index contributed by atoms with van der Waals surface area (Å²) in [6.07, 6.45) is 7.21. The summed E-state index contributed by atoms with van der Waals surface area (Å²) in [6.45, 7) is 4.25. The fraction of sp³-hybridized carbons (Fsp3) is 0.714. The van der Waals surface area contributed by atoms with E-state index < -0.39 is 11.4 Å². The molecule has 1 heterocycles. The molecule has 0 saturated heterocycles. The molecule has 1 unspecified atom stereocenters. The van der Waals surface area contributed by atoms with Gasteiger partial charge in [0.25, 0.3) is 0 Å². The van der Waals surface area contributed by atoms with Gasteiger partial charge in [-0.1, -0.05) is 19.8 Å². The number of aromatic nitrogens is 2. The van der Waals surface area contributed by atoms with Gasteiger partial charge < -0.3 is 5.11 Å². The van der Waals surface area contributed by atoms with Gasteiger partial charge in [0.2, 0.25) is 0 Å². The molecular formula is C14H22N2O2. The van der Waals surface area contributed by atoms with Crippen LogP contribution in [-0.2, 0) is 11.2 Å². The van der Waals surface area contributed by atoms with E-state index in [9.17, 15) is 9.90 Å². The van der Waals surface area contributed by atoms with Gasteiger partial charge >= 0.3 is 5.97 Å². The number of carboxylic acids is 1. The molecule has 0 amide bonds. The first kappa shape index (κ1) is 13.1. The maximum Gasteiger partial charge on any atom is 0.310 e. The van der Waals surface area contributed by atoms with Gasteiger partial charge in [-0.05, 0) is 32.3 Å². The van der Waals surface area contributed by atoms with Crippen molar-refractivity contribution >= 4 is 5.97 Å². The first-order chi connectivity index (χ1) is 8.57. The summed E-state index contributed by atoms with van der Waals surface area (Å²) in [7, 11) is 0. The van der Waals surface area contributed by atoms with Crippen LogP contribution in [0.3, 0.4) is 0 Å². The highest BCUT2D eigenvalue weighted by molar-refractivity contribution is 5.75. The van der Waals surface area contributed by atoms with E-state index in [-0.39, 0.29) is 0 Å². The van der Waals surface area contributed by atoms with Crippen LogP contribution < -0.4 is 0 Å². The van der Waals surface area contributed by atoms with E-state index in [1.807, 2.05) is 16.9 Å². The molecule has 1 aromatic heterocycles. The van der Waals surface area contributed by atoms with E-state index in [1.165, 1.54) is 0 Å². The van der Waals surface area contributed by atoms with Crippen LogP contribution >= 0.6 is 0 Å². The summed E-state index contributed by atoms with van der Waals surface area (Å²) in [5.41, 5.74) is 0.355. The van der Waals surface area contributed by atoms with Crippen molar-refractivity contribution in [2.45, 2.75) is 58.4 Å². The molecule has 4 nitrogen and oxygen atoms in total. The Hall–Kier alpha value is -1.32. The fourth-order valence-corrected chi connectivity index (χ4v) is 2.77. The van der Waals surface area contributed by atoms with E-state index in [0.29, 0.717) is 12.5 Å². The van der Waals surface area contributed by atoms with Crippen molar-refractivity contribution in [3.05, 3.63) is 18.0 Å². The first-order valence-electron chi connectivity index (χ1n) is 6.85. The number of aliphatic carboxylic acids is 1. The number of hydrogen-bond acceptors (Lipinski definition) is 2. The van der Waals surface area contributed by atoms with Crippen LogP contribution in [-0.4, -0.2) is 20.9 Å². The third kappa shape index (κ3) is 2.42. The first-order valence-corrected chi connectivity index (χ1v) is 6.85. The van der Waals surface area contributed by atoms with E-state index in [4.69, 9.17) is 0 Å². The van der Waals surface area contributed by atoms with Crippen LogP contribution in [0.1, 0.15) is 57.7 Å². The van der Waals surface area contributed by atoms with E-state index in [1.54, 1.807) is 0 Å². The van der Waals surface area contributed by atoms with Crippen LogP contribution in [0, 0.1) is 5.41 Å². The van der Waals surface area contributed by atoms with Crippen LogP contribution in [0.2, 0.25) is 0 Å². The van der Waals surface area contributed by atoms with Crippen molar-refractivity contribution in [2.75, 3.05) is 0 Å². The number of rotatable bonds is 5. The normalized spacial score (nSPS) is 19.9. The summed E-state index contributed by atoms with van der Waals surface area (Å²) in [5.74, 6) is -0.655. The Labute approximate surface area is 108 Å². The molecule has 0 radical (unpaired) electrons. The van der Waals surface area contributed by atoms with Crippen molar-refractivity contribution < 1.29 is 9.90 Å². The molecule has 1 saturated carbocycles. The van der Waals surface area contributed by atoms with Crippen molar-refractivity contribution in [1.29, 1.82) is 0 Å². The minimum atomic E-state index is -0.655. The summed E-state index contributed by atoms with van der Waals surface area (Å²) < 4.78 is 1.94. The molecule has 1 aromatic rings. The second-order valence-corrected chi connectivity index (χ2v) is 5.51. The zero-order valence-electron chi connectivity index (χ0n) is 11.2. The number of carbonyl (C=O) groups is 1. The molecule has 4 heteroatoms. The van der Waals surface area contributed by atoms with Gasteiger partial charge in [-0.3, -0.25) is 9.48 Å². The van der Waals surface area contributed by atoms with E-state index >= 15 is 0 Å². The lowest BCUT2D eigenvalue weighted by molar-refractivity contribution is -0.148. The molecule has 0 spiro atoms. The maximum absolute atomic E-state index is 11.5. The molecule has 1 atom stereocenters. The van der Waals surface area contributed by atoms with Gasteiger partial charge in [0, 0.05) is 18.7 Å². The smallest absolute Gasteiger partial charge is 0.310 e. The highest BCUT2D eigenvalue weighted by Crippen LogP contribution is 2.41. The van der Waals surface area contributed by atoms with Gasteiger partial charge in [0.15, 0.2) is 0 Å². The second kappa shape index (κ2) is 5.12. The van der Waals surface area contributed by atoms with E-state index in [2.05, 4.69) is 18.9 Å². The molecule has 18 heavy (non-hydrogen) atoms. The summed E-state index contributed by atoms with van der Waals surface area (Å²) in [4.78, 5) is 11.5. The molecule has 1 aliphatic carbocycles. The Kier molecular flexibility index (Phi) is 3.73. The van der Waals surface area contributed by atoms with Crippen LogP contribution in [0.5, 0.6) is 0 Å². The van der Waals surface area contributed by atoms with Crippen LogP contribution in [0.25, 0.3) is 0 Å². The predicted molar refractivity (Wildman–Crippen MR) is 69.5 cm³/mol. The fourth-order valence-electron chi connectivity index (χ4n) is 2.77. The summed E-state index contributed by atoms with van der Waals surface area (Å²) in [6, 6.07) is 2.35. The van der Waals surface area contributed by atoms with Crippen LogP contribution in [0.4, 0.5) is 0 Å². The van der Waals surface area contributed by atoms with Gasteiger partial charge in [0.05, 0.1) is 11.1 Å². The molecule has 1 fully saturated rings. The Balaban J connectivity index is 2.12. The van der Waals surface area contributed by atoms with E-state index in [0.717, 1.165) is 37.8 Å². The Morgan fingerprint density at radius 1 is 1.56 bits per heavy atom. The topological polar surface area (TPSA) is 55.1 Å². The van der Waals surface area contributed by atoms with Crippen molar-refractivity contribution in [3.63, 3.8) is 0 Å². The Bertz CT molecular complexity index is 419. The minimum Gasteiger partial charge on any atom is -0.481 e. The Morgan fingerprint density at radius 2 is 2.22 bits per heavy atom. The highest BCUT2D eigenvalue weighted by Gasteiger charge is 2.41. The van der Waals surface area contributed by atoms with Crippen molar-refractivity contribution in [2.24, 2.45) is 5.41 Å². The van der Waals surface area contributed by atoms with Crippen LogP contribution in [0.15, 0.2) is 12.3 Å². The monoisotopic (exact) mass is 250 g/mol. The standard InChI is InChI=1S/C14H22N2O2/c1-3-11(2)16-9-6-12(15-16)10-14(13(17)18)7-4-5-8-14/h6,9,11H,3-5,7-8,10H2,1-2H3,(H,17,18). The molecule has 2 rings (SSSR count). The molecule has 1 N–H and O–H groups in total. The largest absolute Gasteiger partial charge is 0.481 e. The van der Waals surface area contributed by atoms with Crippen molar-refractivity contribution in [3.8, 4) is 0 Å². The van der Waals surface area contributed by atoms with Gasteiger partial charge in [0.1, 0.15) is 0 Å². The van der Waals surface area contributed by atoms with Gasteiger partial charge in [-0.15, -0.1) is 0 Å². The summed E-state index contributed by atoms with van der Waals surface area (Å²) in [5, 5.41) is 14.0. The van der Waals surface area contributed by atoms with Gasteiger partial charge in [-0.2, -0.15) is 5.10 Å². The highest BCUT2D eigenvalue weighted by atomic mass is 16.4. The average Bonchev–Trinajstić information content (AvgIpc) is 2.98. The SMILES string of the molecule is CCC(C)n1ccc(CC2(C(=O)O)CCCC2)n1. The number of hydrogen-bond donors (Lipinski definition) is 1. The Morgan fingerprint density at radius 3 is 2.78 bits per heavy atom. The lowest BCUT2D eigenvalue weighted by Crippen LogP contribution is -2.30. The van der Waals surface area contributed by atoms with Gasteiger partial charge in [-0.25, -0.2) is 0 Å². The molecule has 0 aliphatic heterocycles. The number of carboxylic acid groups (broad SMARTS) is 1. The third-order valence-electron chi connectivity index (χ3n) is 4.24. The average molecular weight is 250 g/mol. The maximum atomic E-state index is 11.5. The molecule has 0 bridgehead atoms. The lowest BCUT2D eigenvalue weighted by atomic mass is 9.82.